The minimum absolute atomic E-state index is 0.276. The van der Waals surface area contributed by atoms with E-state index < -0.39 is 66.9 Å². The van der Waals surface area contributed by atoms with Gasteiger partial charge in [-0.15, -0.1) is 0 Å². The number of hydrogen-bond donors (Lipinski definition) is 0. The van der Waals surface area contributed by atoms with Crippen LogP contribution in [0.2, 0.25) is 0 Å². The molecule has 0 aliphatic carbocycles. The molecule has 1 aromatic heterocycles. The third-order valence-electron chi connectivity index (χ3n) is 3.87. The van der Waals surface area contributed by atoms with E-state index in [2.05, 4.69) is 0 Å². The van der Waals surface area contributed by atoms with Crippen molar-refractivity contribution in [3.63, 3.8) is 0 Å². The van der Waals surface area contributed by atoms with Crippen molar-refractivity contribution >= 4 is 31.9 Å². The monoisotopic (exact) mass is 412 g/mol. The molecule has 142 valence electrons. The Morgan fingerprint density at radius 3 is 2.12 bits per heavy atom. The predicted molar refractivity (Wildman–Crippen MR) is 75.5 cm³/mol. The molecule has 0 amide bonds. The standard InChI is InChI=1S/C11H10F6N2O4S2/c1-25(22,23)7-4-6(19(20)21)8(24-7)18-3-2-9(5-18,10(12,13)14)11(15,16)17/h4H,2-3,5H2,1H3. The molecule has 1 aliphatic heterocycles. The Balaban J connectivity index is 2.52. The van der Waals surface area contributed by atoms with Crippen LogP contribution in [-0.4, -0.2) is 45.0 Å². The van der Waals surface area contributed by atoms with Gasteiger partial charge in [0.15, 0.2) is 20.3 Å². The molecule has 0 aromatic carbocycles. The van der Waals surface area contributed by atoms with Crippen LogP contribution in [0.1, 0.15) is 6.42 Å². The Morgan fingerprint density at radius 2 is 1.76 bits per heavy atom. The summed E-state index contributed by atoms with van der Waals surface area (Å²) in [5, 5.41) is 10.5. The highest BCUT2D eigenvalue weighted by molar-refractivity contribution is 7.92. The third-order valence-corrected chi connectivity index (χ3v) is 6.86. The zero-order valence-electron chi connectivity index (χ0n) is 12.3. The topological polar surface area (TPSA) is 80.5 Å². The van der Waals surface area contributed by atoms with Gasteiger partial charge in [0.25, 0.3) is 0 Å². The second kappa shape index (κ2) is 5.72. The summed E-state index contributed by atoms with van der Waals surface area (Å²) in [6.45, 7) is -2.31. The first kappa shape index (κ1) is 19.8. The maximum atomic E-state index is 13.1. The van der Waals surface area contributed by atoms with Crippen LogP contribution < -0.4 is 4.90 Å². The minimum atomic E-state index is -5.61. The fraction of sp³-hybridized carbons (Fsp3) is 0.636. The lowest BCUT2D eigenvalue weighted by atomic mass is 9.85. The quantitative estimate of drug-likeness (QED) is 0.432. The number of sulfone groups is 1. The average Bonchev–Trinajstić information content (AvgIpc) is 3.01. The van der Waals surface area contributed by atoms with Crippen LogP contribution in [0.25, 0.3) is 0 Å². The smallest absolute Gasteiger partial charge is 0.356 e. The molecule has 0 atom stereocenters. The zero-order valence-corrected chi connectivity index (χ0v) is 13.9. The van der Waals surface area contributed by atoms with Crippen LogP contribution >= 0.6 is 11.3 Å². The van der Waals surface area contributed by atoms with Gasteiger partial charge in [0.2, 0.25) is 0 Å². The number of rotatable bonds is 3. The first-order chi connectivity index (χ1) is 11.1. The van der Waals surface area contributed by atoms with Gasteiger partial charge in [-0.2, -0.15) is 26.3 Å². The normalized spacial score (nSPS) is 18.6. The molecule has 1 aliphatic rings. The molecule has 6 nitrogen and oxygen atoms in total. The van der Waals surface area contributed by atoms with E-state index in [1.807, 2.05) is 0 Å². The number of hydrogen-bond acceptors (Lipinski definition) is 6. The molecule has 0 spiro atoms. The molecule has 2 heterocycles. The summed E-state index contributed by atoms with van der Waals surface area (Å²) in [6, 6.07) is 0.635. The van der Waals surface area contributed by atoms with Gasteiger partial charge in [0, 0.05) is 25.4 Å². The Hall–Kier alpha value is -1.57. The first-order valence-corrected chi connectivity index (χ1v) is 9.18. The van der Waals surface area contributed by atoms with Gasteiger partial charge in [0.05, 0.1) is 4.92 Å². The maximum absolute atomic E-state index is 13.1. The fourth-order valence-corrected chi connectivity index (χ4v) is 4.55. The van der Waals surface area contributed by atoms with Gasteiger partial charge in [-0.25, -0.2) is 8.42 Å². The highest BCUT2D eigenvalue weighted by atomic mass is 32.2. The Kier molecular flexibility index (Phi) is 4.52. The Bertz CT molecular complexity index is 784. The number of alkyl halides is 6. The average molecular weight is 412 g/mol. The van der Waals surface area contributed by atoms with Gasteiger partial charge >= 0.3 is 18.0 Å². The lowest BCUT2D eigenvalue weighted by molar-refractivity contribution is -0.383. The number of anilines is 1. The van der Waals surface area contributed by atoms with E-state index in [0.717, 1.165) is 6.26 Å². The van der Waals surface area contributed by atoms with Crippen LogP contribution in [0.5, 0.6) is 0 Å². The highest BCUT2D eigenvalue weighted by Crippen LogP contribution is 2.57. The molecule has 0 N–H and O–H groups in total. The lowest BCUT2D eigenvalue weighted by Crippen LogP contribution is -2.51. The molecule has 25 heavy (non-hydrogen) atoms. The highest BCUT2D eigenvalue weighted by Gasteiger charge is 2.72. The van der Waals surface area contributed by atoms with E-state index in [1.165, 1.54) is 0 Å². The maximum Gasteiger partial charge on any atom is 0.404 e. The van der Waals surface area contributed by atoms with Gasteiger partial charge in [-0.3, -0.25) is 10.1 Å². The molecule has 0 radical (unpaired) electrons. The number of halogens is 6. The van der Waals surface area contributed by atoms with E-state index in [9.17, 15) is 44.9 Å². The molecule has 1 aromatic rings. The molecular weight excluding hydrogens is 402 g/mol. The van der Waals surface area contributed by atoms with E-state index in [-0.39, 0.29) is 11.3 Å². The van der Waals surface area contributed by atoms with E-state index in [0.29, 0.717) is 11.0 Å². The van der Waals surface area contributed by atoms with Crippen LogP contribution in [-0.2, 0) is 9.84 Å². The molecule has 1 fully saturated rings. The van der Waals surface area contributed by atoms with E-state index in [1.54, 1.807) is 0 Å². The number of nitrogens with zero attached hydrogens (tertiary/aromatic N) is 2. The van der Waals surface area contributed by atoms with Crippen LogP contribution in [0, 0.1) is 15.5 Å². The summed E-state index contributed by atoms with van der Waals surface area (Å²) < 4.78 is 101. The Morgan fingerprint density at radius 1 is 1.24 bits per heavy atom. The van der Waals surface area contributed by atoms with Crippen LogP contribution in [0.3, 0.4) is 0 Å². The second-order valence-electron chi connectivity index (χ2n) is 5.53. The van der Waals surface area contributed by atoms with Crippen LogP contribution in [0.4, 0.5) is 37.0 Å². The van der Waals surface area contributed by atoms with Crippen molar-refractivity contribution in [3.8, 4) is 0 Å². The van der Waals surface area contributed by atoms with Gasteiger partial charge in [0.1, 0.15) is 4.21 Å². The van der Waals surface area contributed by atoms with Crippen molar-refractivity contribution in [2.45, 2.75) is 23.0 Å². The molecule has 2 rings (SSSR count). The van der Waals surface area contributed by atoms with Crippen LogP contribution in [0.15, 0.2) is 10.3 Å². The zero-order chi connectivity index (χ0) is 19.4. The molecule has 1 saturated heterocycles. The third kappa shape index (κ3) is 3.28. The van der Waals surface area contributed by atoms with Gasteiger partial charge in [-0.05, 0) is 6.42 Å². The molecule has 0 saturated carbocycles. The summed E-state index contributed by atoms with van der Waals surface area (Å²) in [4.78, 5) is 10.5. The van der Waals surface area contributed by atoms with Gasteiger partial charge < -0.3 is 4.90 Å². The van der Waals surface area contributed by atoms with Gasteiger partial charge in [-0.1, -0.05) is 11.3 Å². The SMILES string of the molecule is CS(=O)(=O)c1cc([N+](=O)[O-])c(N2CCC(C(F)(F)F)(C(F)(F)F)C2)s1. The Labute approximate surface area is 141 Å². The van der Waals surface area contributed by atoms with Crippen molar-refractivity contribution in [1.82, 2.24) is 0 Å². The number of thiophene rings is 1. The van der Waals surface area contributed by atoms with Crippen molar-refractivity contribution < 1.29 is 39.7 Å². The summed E-state index contributed by atoms with van der Waals surface area (Å²) in [6.07, 6.45) is -11.8. The predicted octanol–water partition coefficient (Wildman–Crippen LogP) is 3.38. The van der Waals surface area contributed by atoms with Crippen molar-refractivity contribution in [1.29, 1.82) is 0 Å². The lowest BCUT2D eigenvalue weighted by Gasteiger charge is -2.33. The largest absolute Gasteiger partial charge is 0.404 e. The van der Waals surface area contributed by atoms with Crippen molar-refractivity contribution in [2.75, 3.05) is 24.2 Å². The summed E-state index contributed by atoms with van der Waals surface area (Å²) in [7, 11) is -3.91. The van der Waals surface area contributed by atoms with Crippen molar-refractivity contribution in [2.24, 2.45) is 5.41 Å². The summed E-state index contributed by atoms with van der Waals surface area (Å²) in [5.74, 6) is 0. The second-order valence-corrected chi connectivity index (χ2v) is 8.81. The fourth-order valence-electron chi connectivity index (χ4n) is 2.50. The minimum Gasteiger partial charge on any atom is -0.356 e. The molecule has 0 unspecified atom stereocenters. The summed E-state index contributed by atoms with van der Waals surface area (Å²) >= 11 is 0.276. The van der Waals surface area contributed by atoms with Crippen molar-refractivity contribution in [3.05, 3.63) is 16.2 Å². The molecule has 14 heteroatoms. The number of nitro groups is 1. The van der Waals surface area contributed by atoms with E-state index in [4.69, 9.17) is 0 Å². The molecular formula is C11H10F6N2O4S2. The summed E-state index contributed by atoms with van der Waals surface area (Å²) in [5.41, 5.74) is -4.87. The first-order valence-electron chi connectivity index (χ1n) is 6.47. The molecule has 0 bridgehead atoms. The van der Waals surface area contributed by atoms with E-state index >= 15 is 0 Å².